The predicted molar refractivity (Wildman–Crippen MR) is 140 cm³/mol. The van der Waals surface area contributed by atoms with E-state index in [9.17, 15) is 13.0 Å². The molecule has 2 aromatic rings. The van der Waals surface area contributed by atoms with Crippen molar-refractivity contribution >= 4 is 21.2 Å². The first-order valence-corrected chi connectivity index (χ1v) is 14.5. The third-order valence-corrected chi connectivity index (χ3v) is 6.84. The molecule has 33 heavy (non-hydrogen) atoms. The van der Waals surface area contributed by atoms with Crippen molar-refractivity contribution in [3.8, 4) is 5.75 Å². The van der Waals surface area contributed by atoms with Crippen LogP contribution in [0.1, 0.15) is 115 Å². The van der Waals surface area contributed by atoms with Crippen molar-refractivity contribution in [1.29, 1.82) is 0 Å². The fourth-order valence-corrected chi connectivity index (χ4v) is 5.04. The van der Waals surface area contributed by atoms with Gasteiger partial charge in [0, 0.05) is 5.39 Å². The van der Waals surface area contributed by atoms with E-state index in [2.05, 4.69) is 19.9 Å². The van der Waals surface area contributed by atoms with Crippen LogP contribution in [0, 0.1) is 0 Å². The summed E-state index contributed by atoms with van der Waals surface area (Å²) in [4.78, 5) is 0. The van der Waals surface area contributed by atoms with Gasteiger partial charge in [0.25, 0.3) is 0 Å². The summed E-state index contributed by atoms with van der Waals surface area (Å²) >= 11 is 0. The Hall–Kier alpha value is -1.59. The Bertz CT molecular complexity index is 921. The van der Waals surface area contributed by atoms with Gasteiger partial charge in [-0.25, -0.2) is 0 Å². The highest BCUT2D eigenvalue weighted by atomic mass is 32.3. The van der Waals surface area contributed by atoms with Gasteiger partial charge in [-0.3, -0.25) is 4.55 Å². The van der Waals surface area contributed by atoms with E-state index in [1.807, 2.05) is 24.3 Å². The van der Waals surface area contributed by atoms with Crippen LogP contribution < -0.4 is 4.18 Å². The van der Waals surface area contributed by atoms with E-state index in [0.717, 1.165) is 54.0 Å². The smallest absolute Gasteiger partial charge is 0.361 e. The van der Waals surface area contributed by atoms with Crippen LogP contribution in [0.25, 0.3) is 10.8 Å². The molecule has 0 aliphatic carbocycles. The summed E-state index contributed by atoms with van der Waals surface area (Å²) in [6, 6.07) is 9.89. The van der Waals surface area contributed by atoms with Crippen LogP contribution >= 0.6 is 0 Å². The SMILES string of the molecule is CCCCCCCCCc1cc2ccccc2c(OS(=O)(=O)O)c1CCCCCCCCC. The lowest BCUT2D eigenvalue weighted by atomic mass is 9.92. The summed E-state index contributed by atoms with van der Waals surface area (Å²) in [5, 5.41) is 1.70. The molecule has 0 aliphatic heterocycles. The Balaban J connectivity index is 2.16. The van der Waals surface area contributed by atoms with E-state index in [1.54, 1.807) is 0 Å². The van der Waals surface area contributed by atoms with Crippen molar-refractivity contribution in [3.05, 3.63) is 41.5 Å². The minimum absolute atomic E-state index is 0.319. The Morgan fingerprint density at radius 1 is 0.727 bits per heavy atom. The fourth-order valence-electron chi connectivity index (χ4n) is 4.64. The van der Waals surface area contributed by atoms with Crippen LogP contribution in [0.2, 0.25) is 0 Å². The van der Waals surface area contributed by atoms with Crippen LogP contribution in [0.4, 0.5) is 0 Å². The third kappa shape index (κ3) is 10.5. The zero-order valence-corrected chi connectivity index (χ0v) is 21.6. The average molecular weight is 477 g/mol. The van der Waals surface area contributed by atoms with Gasteiger partial charge < -0.3 is 4.18 Å². The van der Waals surface area contributed by atoms with Crippen LogP contribution in [-0.4, -0.2) is 13.0 Å². The van der Waals surface area contributed by atoms with Gasteiger partial charge in [0.15, 0.2) is 5.75 Å². The van der Waals surface area contributed by atoms with Crippen molar-refractivity contribution in [3.63, 3.8) is 0 Å². The topological polar surface area (TPSA) is 63.6 Å². The number of rotatable bonds is 18. The maximum absolute atomic E-state index is 11.7. The Labute approximate surface area is 202 Å². The monoisotopic (exact) mass is 476 g/mol. The molecule has 186 valence electrons. The third-order valence-electron chi connectivity index (χ3n) is 6.47. The molecule has 1 N–H and O–H groups in total. The molecule has 0 fully saturated rings. The molecular formula is C28H44O4S. The fraction of sp³-hybridized carbons (Fsp3) is 0.643. The van der Waals surface area contributed by atoms with E-state index in [4.69, 9.17) is 4.18 Å². The summed E-state index contributed by atoms with van der Waals surface area (Å²) < 4.78 is 38.1. The zero-order chi connectivity index (χ0) is 23.9. The zero-order valence-electron chi connectivity index (χ0n) is 20.8. The summed E-state index contributed by atoms with van der Waals surface area (Å²) in [6.45, 7) is 4.46. The van der Waals surface area contributed by atoms with Crippen molar-refractivity contribution in [1.82, 2.24) is 0 Å². The Kier molecular flexibility index (Phi) is 12.9. The molecule has 0 amide bonds. The minimum atomic E-state index is -4.59. The van der Waals surface area contributed by atoms with Crippen molar-refractivity contribution in [2.75, 3.05) is 0 Å². The molecule has 2 rings (SSSR count). The average Bonchev–Trinajstić information content (AvgIpc) is 2.78. The largest absolute Gasteiger partial charge is 0.446 e. The standard InChI is InChI=1S/C28H44O4S/c1-3-5-7-9-11-13-15-19-24-23-25-20-17-18-22-27(25)28(32-33(29,30)31)26(24)21-16-14-12-10-8-6-4-2/h17-18,20,22-23H,3-16,19,21H2,1-2H3,(H,29,30,31). The second kappa shape index (κ2) is 15.3. The van der Waals surface area contributed by atoms with Crippen LogP contribution in [0.3, 0.4) is 0 Å². The van der Waals surface area contributed by atoms with Gasteiger partial charge in [-0.15, -0.1) is 0 Å². The normalized spacial score (nSPS) is 11.8. The molecule has 0 bridgehead atoms. The molecule has 5 heteroatoms. The summed E-state index contributed by atoms with van der Waals surface area (Å²) in [7, 11) is -4.59. The molecule has 0 spiro atoms. The van der Waals surface area contributed by atoms with E-state index >= 15 is 0 Å². The highest BCUT2D eigenvalue weighted by molar-refractivity contribution is 7.81. The highest BCUT2D eigenvalue weighted by Gasteiger charge is 2.19. The highest BCUT2D eigenvalue weighted by Crippen LogP contribution is 2.36. The molecule has 0 saturated carbocycles. The molecule has 2 aromatic carbocycles. The minimum Gasteiger partial charge on any atom is -0.361 e. The van der Waals surface area contributed by atoms with Crippen LogP contribution in [0.5, 0.6) is 5.75 Å². The molecule has 0 radical (unpaired) electrons. The Morgan fingerprint density at radius 3 is 1.82 bits per heavy atom. The van der Waals surface area contributed by atoms with Gasteiger partial charge in [-0.2, -0.15) is 8.42 Å². The van der Waals surface area contributed by atoms with Gasteiger partial charge in [0.05, 0.1) is 0 Å². The maximum atomic E-state index is 11.7. The van der Waals surface area contributed by atoms with Gasteiger partial charge in [0.2, 0.25) is 0 Å². The van der Waals surface area contributed by atoms with Crippen molar-refractivity contribution in [2.24, 2.45) is 0 Å². The molecule has 0 unspecified atom stereocenters. The first-order chi connectivity index (χ1) is 16.0. The molecule has 0 heterocycles. The summed E-state index contributed by atoms with van der Waals surface area (Å²) in [5.74, 6) is 0.319. The van der Waals surface area contributed by atoms with E-state index < -0.39 is 10.4 Å². The number of benzene rings is 2. The lowest BCUT2D eigenvalue weighted by Gasteiger charge is -2.17. The molecule has 0 atom stereocenters. The van der Waals surface area contributed by atoms with E-state index in [-0.39, 0.29) is 0 Å². The predicted octanol–water partition coefficient (Wildman–Crippen LogP) is 8.61. The second-order valence-electron chi connectivity index (χ2n) is 9.32. The van der Waals surface area contributed by atoms with Crippen LogP contribution in [-0.2, 0) is 23.2 Å². The number of unbranched alkanes of at least 4 members (excludes halogenated alkanes) is 12. The maximum Gasteiger partial charge on any atom is 0.446 e. The lowest BCUT2D eigenvalue weighted by Crippen LogP contribution is -2.10. The molecule has 0 aliphatic rings. The van der Waals surface area contributed by atoms with Gasteiger partial charge in [0.1, 0.15) is 0 Å². The first kappa shape index (κ1) is 27.7. The van der Waals surface area contributed by atoms with Gasteiger partial charge >= 0.3 is 10.4 Å². The second-order valence-corrected chi connectivity index (χ2v) is 10.3. The van der Waals surface area contributed by atoms with Crippen molar-refractivity contribution in [2.45, 2.75) is 117 Å². The van der Waals surface area contributed by atoms with Gasteiger partial charge in [-0.05, 0) is 42.2 Å². The number of hydrogen-bond donors (Lipinski definition) is 1. The lowest BCUT2D eigenvalue weighted by molar-refractivity contribution is 0.386. The Morgan fingerprint density at radius 2 is 1.24 bits per heavy atom. The number of aryl methyl sites for hydroxylation is 1. The number of fused-ring (bicyclic) bond motifs is 1. The molecular weight excluding hydrogens is 432 g/mol. The van der Waals surface area contributed by atoms with E-state index in [1.165, 1.54) is 70.6 Å². The summed E-state index contributed by atoms with van der Waals surface area (Å²) in [5.41, 5.74) is 2.11. The first-order valence-electron chi connectivity index (χ1n) is 13.2. The molecule has 0 aromatic heterocycles. The summed E-state index contributed by atoms with van der Waals surface area (Å²) in [6.07, 6.45) is 18.8. The van der Waals surface area contributed by atoms with Gasteiger partial charge in [-0.1, -0.05) is 121 Å². The molecule has 4 nitrogen and oxygen atoms in total. The van der Waals surface area contributed by atoms with Crippen LogP contribution in [0.15, 0.2) is 30.3 Å². The quantitative estimate of drug-likeness (QED) is 0.173. The van der Waals surface area contributed by atoms with E-state index in [0.29, 0.717) is 5.75 Å². The molecule has 0 saturated heterocycles. The van der Waals surface area contributed by atoms with Crippen molar-refractivity contribution < 1.29 is 17.2 Å². The number of hydrogen-bond acceptors (Lipinski definition) is 3.